The molecule has 0 saturated carbocycles. The van der Waals surface area contributed by atoms with E-state index in [-0.39, 0.29) is 18.3 Å². The van der Waals surface area contributed by atoms with Gasteiger partial charge in [0.05, 0.1) is 0 Å². The molecule has 1 aliphatic rings. The number of carbonyl (C=O) groups excluding carboxylic acids is 2. The summed E-state index contributed by atoms with van der Waals surface area (Å²) in [5, 5.41) is 0. The van der Waals surface area contributed by atoms with Gasteiger partial charge in [-0.2, -0.15) is 0 Å². The summed E-state index contributed by atoms with van der Waals surface area (Å²) >= 11 is 0. The topological polar surface area (TPSA) is 46.6 Å². The smallest absolute Gasteiger partial charge is 0.259 e. The van der Waals surface area contributed by atoms with E-state index in [1.54, 1.807) is 26.2 Å². The minimum atomic E-state index is -0.0819. The van der Waals surface area contributed by atoms with Crippen molar-refractivity contribution in [2.45, 2.75) is 12.8 Å². The molecule has 0 heterocycles. The van der Waals surface area contributed by atoms with Crippen LogP contribution in [0.2, 0.25) is 0 Å². The van der Waals surface area contributed by atoms with Crippen molar-refractivity contribution in [3.63, 3.8) is 0 Å². The molecule has 1 amide bonds. The van der Waals surface area contributed by atoms with Crippen LogP contribution in [0, 0.1) is 0 Å². The van der Waals surface area contributed by atoms with Gasteiger partial charge in [-0.1, -0.05) is 0 Å². The Morgan fingerprint density at radius 1 is 1.35 bits per heavy atom. The molecule has 0 radical (unpaired) electrons. The van der Waals surface area contributed by atoms with Crippen molar-refractivity contribution in [2.75, 3.05) is 20.7 Å². The van der Waals surface area contributed by atoms with Gasteiger partial charge in [-0.05, 0) is 30.2 Å². The number of aryl methyl sites for hydroxylation is 1. The number of rotatable bonds is 3. The van der Waals surface area contributed by atoms with E-state index in [1.807, 2.05) is 6.07 Å². The molecule has 1 aromatic rings. The number of ether oxygens (including phenoxy) is 1. The van der Waals surface area contributed by atoms with Crippen LogP contribution in [0.25, 0.3) is 0 Å². The quantitative estimate of drug-likeness (QED) is 0.790. The van der Waals surface area contributed by atoms with Crippen molar-refractivity contribution >= 4 is 11.7 Å². The van der Waals surface area contributed by atoms with E-state index in [1.165, 1.54) is 4.90 Å². The Bertz CT molecular complexity index is 466. The lowest BCUT2D eigenvalue weighted by Crippen LogP contribution is -2.27. The number of likely N-dealkylation sites (N-methyl/N-ethyl adjacent to an activating group) is 1. The summed E-state index contributed by atoms with van der Waals surface area (Å²) in [6.45, 7) is 0.0275. The minimum Gasteiger partial charge on any atom is -0.484 e. The highest BCUT2D eigenvalue weighted by molar-refractivity contribution is 6.00. The highest BCUT2D eigenvalue weighted by atomic mass is 16.5. The zero-order chi connectivity index (χ0) is 12.4. The van der Waals surface area contributed by atoms with Crippen LogP contribution in [0.15, 0.2) is 18.2 Å². The van der Waals surface area contributed by atoms with Crippen molar-refractivity contribution < 1.29 is 14.3 Å². The molecule has 1 aliphatic carbocycles. The summed E-state index contributed by atoms with van der Waals surface area (Å²) in [4.78, 5) is 24.3. The number of benzene rings is 1. The normalized spacial score (nSPS) is 13.4. The van der Waals surface area contributed by atoms with Gasteiger partial charge in [0.1, 0.15) is 5.75 Å². The number of hydrogen-bond acceptors (Lipinski definition) is 3. The Balaban J connectivity index is 2.04. The summed E-state index contributed by atoms with van der Waals surface area (Å²) in [5.41, 5.74) is 1.81. The zero-order valence-electron chi connectivity index (χ0n) is 10.0. The molecule has 1 aromatic carbocycles. The van der Waals surface area contributed by atoms with Crippen molar-refractivity contribution in [1.82, 2.24) is 4.90 Å². The molecule has 0 aliphatic heterocycles. The fourth-order valence-corrected chi connectivity index (χ4v) is 1.80. The Hall–Kier alpha value is -1.84. The first-order valence-corrected chi connectivity index (χ1v) is 5.57. The molecule has 0 atom stereocenters. The number of hydrogen-bond donors (Lipinski definition) is 0. The number of Topliss-reactive ketones (excluding diaryl/α,β-unsaturated/α-hetero) is 1. The third kappa shape index (κ3) is 2.46. The number of amides is 1. The summed E-state index contributed by atoms with van der Waals surface area (Å²) in [7, 11) is 3.38. The maximum Gasteiger partial charge on any atom is 0.259 e. The Morgan fingerprint density at radius 3 is 2.82 bits per heavy atom. The first kappa shape index (κ1) is 11.6. The molecule has 4 nitrogen and oxygen atoms in total. The highest BCUT2D eigenvalue weighted by Gasteiger charge is 2.19. The van der Waals surface area contributed by atoms with Gasteiger partial charge >= 0.3 is 0 Å². The van der Waals surface area contributed by atoms with Gasteiger partial charge in [0.2, 0.25) is 0 Å². The minimum absolute atomic E-state index is 0.0275. The van der Waals surface area contributed by atoms with Crippen molar-refractivity contribution in [2.24, 2.45) is 0 Å². The van der Waals surface area contributed by atoms with Crippen molar-refractivity contribution in [3.05, 3.63) is 29.3 Å². The molecule has 0 spiro atoms. The van der Waals surface area contributed by atoms with Crippen LogP contribution in [0.1, 0.15) is 22.3 Å². The lowest BCUT2D eigenvalue weighted by atomic mass is 10.1. The lowest BCUT2D eigenvalue weighted by molar-refractivity contribution is -0.130. The van der Waals surface area contributed by atoms with Crippen LogP contribution >= 0.6 is 0 Å². The largest absolute Gasteiger partial charge is 0.484 e. The summed E-state index contributed by atoms with van der Waals surface area (Å²) < 4.78 is 5.39. The molecule has 2 rings (SSSR count). The van der Waals surface area contributed by atoms with E-state index >= 15 is 0 Å². The highest BCUT2D eigenvalue weighted by Crippen LogP contribution is 2.26. The molecule has 4 heteroatoms. The Labute approximate surface area is 100 Å². The second kappa shape index (κ2) is 4.57. The summed E-state index contributed by atoms with van der Waals surface area (Å²) in [6.07, 6.45) is 1.35. The molecule has 0 unspecified atom stereocenters. The molecule has 0 aromatic heterocycles. The molecule has 90 valence electrons. The van der Waals surface area contributed by atoms with Crippen LogP contribution in [0.3, 0.4) is 0 Å². The molecule has 0 N–H and O–H groups in total. The zero-order valence-corrected chi connectivity index (χ0v) is 10.0. The van der Waals surface area contributed by atoms with E-state index < -0.39 is 0 Å². The third-order valence-corrected chi connectivity index (χ3v) is 2.86. The molecule has 0 fully saturated rings. The second-order valence-corrected chi connectivity index (χ2v) is 4.32. The number of nitrogens with zero attached hydrogens (tertiary/aromatic N) is 1. The average molecular weight is 233 g/mol. The van der Waals surface area contributed by atoms with Crippen LogP contribution in [-0.4, -0.2) is 37.3 Å². The predicted octanol–water partition coefficient (Wildman–Crippen LogP) is 1.28. The molecule has 17 heavy (non-hydrogen) atoms. The van der Waals surface area contributed by atoms with Crippen LogP contribution in [0.4, 0.5) is 0 Å². The number of fused-ring (bicyclic) bond motifs is 1. The van der Waals surface area contributed by atoms with E-state index in [0.29, 0.717) is 12.2 Å². The average Bonchev–Trinajstić information content (AvgIpc) is 2.67. The Kier molecular flexibility index (Phi) is 3.13. The van der Waals surface area contributed by atoms with Gasteiger partial charge < -0.3 is 9.64 Å². The predicted molar refractivity (Wildman–Crippen MR) is 63.3 cm³/mol. The van der Waals surface area contributed by atoms with Crippen molar-refractivity contribution in [3.8, 4) is 5.75 Å². The monoisotopic (exact) mass is 233 g/mol. The number of ketones is 1. The van der Waals surface area contributed by atoms with E-state index in [0.717, 1.165) is 17.5 Å². The van der Waals surface area contributed by atoms with Gasteiger partial charge in [0, 0.05) is 26.1 Å². The maximum absolute atomic E-state index is 11.4. The molecular weight excluding hydrogens is 218 g/mol. The molecular formula is C13H15NO3. The summed E-state index contributed by atoms with van der Waals surface area (Å²) in [6, 6.07) is 5.37. The van der Waals surface area contributed by atoms with Crippen LogP contribution < -0.4 is 4.74 Å². The van der Waals surface area contributed by atoms with Gasteiger partial charge in [0.15, 0.2) is 12.4 Å². The lowest BCUT2D eigenvalue weighted by Gasteiger charge is -2.11. The first-order valence-electron chi connectivity index (χ1n) is 5.57. The first-order chi connectivity index (χ1) is 8.08. The standard InChI is InChI=1S/C13H15NO3/c1-14(2)13(16)8-17-10-4-5-11-9(7-10)3-6-12(11)15/h4-5,7H,3,6,8H2,1-2H3. The maximum atomic E-state index is 11.4. The van der Waals surface area contributed by atoms with Crippen LogP contribution in [-0.2, 0) is 11.2 Å². The van der Waals surface area contributed by atoms with E-state index in [4.69, 9.17) is 4.74 Å². The van der Waals surface area contributed by atoms with Gasteiger partial charge in [-0.15, -0.1) is 0 Å². The van der Waals surface area contributed by atoms with Gasteiger partial charge in [-0.3, -0.25) is 9.59 Å². The van der Waals surface area contributed by atoms with E-state index in [9.17, 15) is 9.59 Å². The van der Waals surface area contributed by atoms with Crippen molar-refractivity contribution in [1.29, 1.82) is 0 Å². The Morgan fingerprint density at radius 2 is 2.12 bits per heavy atom. The van der Waals surface area contributed by atoms with Gasteiger partial charge in [-0.25, -0.2) is 0 Å². The SMILES string of the molecule is CN(C)C(=O)COc1ccc2c(c1)CCC2=O. The fourth-order valence-electron chi connectivity index (χ4n) is 1.80. The fraction of sp³-hybridized carbons (Fsp3) is 0.385. The third-order valence-electron chi connectivity index (χ3n) is 2.86. The molecule has 0 saturated heterocycles. The summed E-state index contributed by atoms with van der Waals surface area (Å²) in [5.74, 6) is 0.756. The van der Waals surface area contributed by atoms with E-state index in [2.05, 4.69) is 0 Å². The van der Waals surface area contributed by atoms with Gasteiger partial charge in [0.25, 0.3) is 5.91 Å². The van der Waals surface area contributed by atoms with Crippen LogP contribution in [0.5, 0.6) is 5.75 Å². The number of carbonyl (C=O) groups is 2. The second-order valence-electron chi connectivity index (χ2n) is 4.32. The molecule has 0 bridgehead atoms.